The third kappa shape index (κ3) is 7.37. The summed E-state index contributed by atoms with van der Waals surface area (Å²) in [7, 11) is 0. The Hall–Kier alpha value is -3.87. The smallest absolute Gasteiger partial charge is 0.408 e. The van der Waals surface area contributed by atoms with Gasteiger partial charge in [-0.05, 0) is 87.1 Å². The Bertz CT molecular complexity index is 1320. The molecule has 208 valence electrons. The van der Waals surface area contributed by atoms with Crippen LogP contribution in [-0.2, 0) is 14.3 Å². The molecular weight excluding hydrogens is 490 g/mol. The van der Waals surface area contributed by atoms with E-state index in [2.05, 4.69) is 10.6 Å². The molecule has 0 aliphatic carbocycles. The average molecular weight is 532 g/mol. The topological polar surface area (TPSA) is 87.7 Å². The fourth-order valence-corrected chi connectivity index (χ4v) is 4.76. The number of amides is 3. The number of hydrogen-bond acceptors (Lipinski definition) is 4. The first-order valence-corrected chi connectivity index (χ1v) is 13.5. The number of likely N-dealkylation sites (N-methyl/N-ethyl adjacent to an activating group) is 1. The van der Waals surface area contributed by atoms with Gasteiger partial charge < -0.3 is 20.3 Å². The van der Waals surface area contributed by atoms with Gasteiger partial charge in [-0.1, -0.05) is 62.4 Å². The number of alkyl carbamates (subject to hydrolysis) is 1. The summed E-state index contributed by atoms with van der Waals surface area (Å²) in [4.78, 5) is 42.3. The highest BCUT2D eigenvalue weighted by molar-refractivity contribution is 6.00. The summed E-state index contributed by atoms with van der Waals surface area (Å²) in [6.07, 6.45) is -0.671. The molecule has 0 fully saturated rings. The van der Waals surface area contributed by atoms with Crippen LogP contribution in [0.15, 0.2) is 60.7 Å². The number of carbonyl (C=O) groups excluding carboxylic acids is 3. The van der Waals surface area contributed by atoms with E-state index in [-0.39, 0.29) is 24.3 Å². The zero-order valence-electron chi connectivity index (χ0n) is 24.3. The lowest BCUT2D eigenvalue weighted by Gasteiger charge is -2.36. The second kappa shape index (κ2) is 12.3. The highest BCUT2D eigenvalue weighted by Gasteiger charge is 2.38. The van der Waals surface area contributed by atoms with Gasteiger partial charge in [0.1, 0.15) is 17.7 Å². The molecule has 7 heteroatoms. The average Bonchev–Trinajstić information content (AvgIpc) is 2.85. The minimum Gasteiger partial charge on any atom is -0.444 e. The largest absolute Gasteiger partial charge is 0.444 e. The van der Waals surface area contributed by atoms with Crippen LogP contribution in [0.5, 0.6) is 0 Å². The molecule has 0 saturated carbocycles. The molecule has 0 aliphatic heterocycles. The van der Waals surface area contributed by atoms with E-state index in [0.29, 0.717) is 5.69 Å². The maximum Gasteiger partial charge on any atom is 0.408 e. The molecule has 0 aliphatic rings. The Balaban J connectivity index is 2.02. The minimum absolute atomic E-state index is 0.235. The second-order valence-electron chi connectivity index (χ2n) is 11.3. The lowest BCUT2D eigenvalue weighted by molar-refractivity contribution is -0.141. The maximum atomic E-state index is 14.1. The number of carbonyl (C=O) groups is 3. The van der Waals surface area contributed by atoms with Crippen molar-refractivity contribution in [3.8, 4) is 0 Å². The summed E-state index contributed by atoms with van der Waals surface area (Å²) < 4.78 is 5.43. The molecule has 0 bridgehead atoms. The molecule has 39 heavy (non-hydrogen) atoms. The number of nitrogens with zero attached hydrogens (tertiary/aromatic N) is 1. The van der Waals surface area contributed by atoms with Crippen molar-refractivity contribution < 1.29 is 19.1 Å². The molecule has 0 radical (unpaired) electrons. The first-order valence-electron chi connectivity index (χ1n) is 13.5. The number of ether oxygens (including phenoxy) is 1. The van der Waals surface area contributed by atoms with Crippen LogP contribution < -0.4 is 10.6 Å². The van der Waals surface area contributed by atoms with E-state index in [1.807, 2.05) is 95.3 Å². The Morgan fingerprint density at radius 1 is 0.897 bits per heavy atom. The van der Waals surface area contributed by atoms with Gasteiger partial charge in [-0.15, -0.1) is 0 Å². The Morgan fingerprint density at radius 2 is 1.51 bits per heavy atom. The van der Waals surface area contributed by atoms with Crippen molar-refractivity contribution in [2.45, 2.75) is 73.1 Å². The molecule has 2 N–H and O–H groups in total. The van der Waals surface area contributed by atoms with Gasteiger partial charge in [0.2, 0.25) is 5.91 Å². The predicted molar refractivity (Wildman–Crippen MR) is 157 cm³/mol. The van der Waals surface area contributed by atoms with Crippen LogP contribution in [-0.4, -0.2) is 41.0 Å². The summed E-state index contributed by atoms with van der Waals surface area (Å²) in [6, 6.07) is 17.7. The lowest BCUT2D eigenvalue weighted by Crippen LogP contribution is -2.54. The molecule has 0 aromatic heterocycles. The van der Waals surface area contributed by atoms with E-state index >= 15 is 0 Å². The monoisotopic (exact) mass is 531 g/mol. The molecule has 2 atom stereocenters. The van der Waals surface area contributed by atoms with Crippen molar-refractivity contribution in [3.05, 3.63) is 77.4 Å². The fraction of sp³-hybridized carbons (Fsp3) is 0.406. The first-order chi connectivity index (χ1) is 18.3. The van der Waals surface area contributed by atoms with Crippen LogP contribution >= 0.6 is 0 Å². The van der Waals surface area contributed by atoms with Crippen LogP contribution in [0.2, 0.25) is 0 Å². The normalized spacial score (nSPS) is 13.1. The summed E-state index contributed by atoms with van der Waals surface area (Å²) >= 11 is 0. The van der Waals surface area contributed by atoms with Crippen LogP contribution in [0.25, 0.3) is 10.8 Å². The zero-order chi connectivity index (χ0) is 28.9. The third-order valence-electron chi connectivity index (χ3n) is 6.62. The second-order valence-corrected chi connectivity index (χ2v) is 11.3. The van der Waals surface area contributed by atoms with Gasteiger partial charge in [-0.25, -0.2) is 4.79 Å². The van der Waals surface area contributed by atoms with E-state index in [9.17, 15) is 14.4 Å². The number of nitrogens with one attached hydrogen (secondary N) is 2. The molecule has 0 spiro atoms. The number of hydrogen-bond donors (Lipinski definition) is 2. The number of fused-ring (bicyclic) bond motifs is 1. The summed E-state index contributed by atoms with van der Waals surface area (Å²) in [5, 5.41) is 7.87. The van der Waals surface area contributed by atoms with Crippen molar-refractivity contribution in [2.75, 3.05) is 11.9 Å². The van der Waals surface area contributed by atoms with E-state index < -0.39 is 23.8 Å². The Labute approximate surface area is 231 Å². The lowest BCUT2D eigenvalue weighted by atomic mass is 9.92. The number of anilines is 1. The number of benzene rings is 3. The predicted octanol–water partition coefficient (Wildman–Crippen LogP) is 6.53. The third-order valence-corrected chi connectivity index (χ3v) is 6.62. The molecule has 3 amide bonds. The Kier molecular flexibility index (Phi) is 9.38. The zero-order valence-corrected chi connectivity index (χ0v) is 24.3. The van der Waals surface area contributed by atoms with Gasteiger partial charge in [-0.2, -0.15) is 0 Å². The molecule has 3 rings (SSSR count). The molecule has 3 aromatic carbocycles. The van der Waals surface area contributed by atoms with Crippen LogP contribution in [0.4, 0.5) is 10.5 Å². The van der Waals surface area contributed by atoms with Crippen molar-refractivity contribution in [1.29, 1.82) is 0 Å². The molecular formula is C32H41N3O4. The van der Waals surface area contributed by atoms with Gasteiger partial charge in [0, 0.05) is 12.2 Å². The molecule has 0 heterocycles. The van der Waals surface area contributed by atoms with Crippen molar-refractivity contribution >= 4 is 34.4 Å². The quantitative estimate of drug-likeness (QED) is 0.346. The minimum atomic E-state index is -0.906. The summed E-state index contributed by atoms with van der Waals surface area (Å²) in [5.41, 5.74) is 2.51. The molecule has 2 unspecified atom stereocenters. The van der Waals surface area contributed by atoms with E-state index in [1.54, 1.807) is 25.7 Å². The van der Waals surface area contributed by atoms with E-state index in [0.717, 1.165) is 27.5 Å². The van der Waals surface area contributed by atoms with Crippen LogP contribution in [0.1, 0.15) is 64.3 Å². The van der Waals surface area contributed by atoms with Crippen molar-refractivity contribution in [2.24, 2.45) is 5.92 Å². The number of rotatable bonds is 8. The fourth-order valence-electron chi connectivity index (χ4n) is 4.76. The summed E-state index contributed by atoms with van der Waals surface area (Å²) in [5.74, 6) is -0.904. The number of aryl methyl sites for hydroxylation is 2. The molecule has 0 saturated heterocycles. The summed E-state index contributed by atoms with van der Waals surface area (Å²) in [6.45, 7) is 15.0. The maximum absolute atomic E-state index is 14.1. The van der Waals surface area contributed by atoms with Crippen LogP contribution in [0, 0.1) is 19.8 Å². The standard InChI is InChI=1S/C32H41N3O4/c1-9-35(30(37)27(20(2)3)34-31(38)39-32(6,7)8)28(26-21(4)13-12-14-22(26)5)29(36)33-25-18-17-23-15-10-11-16-24(23)19-25/h10-20,27-28H,9H2,1-8H3,(H,33,36)(H,34,38). The van der Waals surface area contributed by atoms with E-state index in [1.165, 1.54) is 0 Å². The van der Waals surface area contributed by atoms with Gasteiger partial charge in [0.05, 0.1) is 0 Å². The Morgan fingerprint density at radius 3 is 2.08 bits per heavy atom. The highest BCUT2D eigenvalue weighted by atomic mass is 16.6. The van der Waals surface area contributed by atoms with Gasteiger partial charge >= 0.3 is 6.09 Å². The van der Waals surface area contributed by atoms with Gasteiger partial charge in [0.15, 0.2) is 0 Å². The van der Waals surface area contributed by atoms with Gasteiger partial charge in [-0.3, -0.25) is 9.59 Å². The van der Waals surface area contributed by atoms with Crippen molar-refractivity contribution in [1.82, 2.24) is 10.2 Å². The van der Waals surface area contributed by atoms with E-state index in [4.69, 9.17) is 4.74 Å². The SMILES string of the molecule is CCN(C(=O)C(NC(=O)OC(C)(C)C)C(C)C)C(C(=O)Nc1ccc2ccccc2c1)c1c(C)cccc1C. The molecule has 7 nitrogen and oxygen atoms in total. The first kappa shape index (κ1) is 29.7. The molecule has 3 aromatic rings. The van der Waals surface area contributed by atoms with Crippen LogP contribution in [0.3, 0.4) is 0 Å². The highest BCUT2D eigenvalue weighted by Crippen LogP contribution is 2.30. The van der Waals surface area contributed by atoms with Crippen molar-refractivity contribution in [3.63, 3.8) is 0 Å². The van der Waals surface area contributed by atoms with Gasteiger partial charge in [0.25, 0.3) is 5.91 Å².